The largest absolute Gasteiger partial charge is 0.394 e. The molecule has 18 heavy (non-hydrogen) atoms. The summed E-state index contributed by atoms with van der Waals surface area (Å²) in [5.74, 6) is 0. The molecule has 0 amide bonds. The van der Waals surface area contributed by atoms with Crippen molar-refractivity contribution in [3.05, 3.63) is 0 Å². The van der Waals surface area contributed by atoms with E-state index in [1.807, 2.05) is 19.0 Å². The number of nitrogens with zero attached hydrogens (tertiary/aromatic N) is 3. The number of aliphatic hydroxyl groups is 1. The molecule has 7 heteroatoms. The Labute approximate surface area is 116 Å². The molecular weight excluding hydrogens is 268 g/mol. The lowest BCUT2D eigenvalue weighted by Crippen LogP contribution is -2.48. The summed E-state index contributed by atoms with van der Waals surface area (Å²) in [5, 5.41) is 19.0. The van der Waals surface area contributed by atoms with Crippen molar-refractivity contribution in [3.63, 3.8) is 0 Å². The van der Waals surface area contributed by atoms with E-state index in [-0.39, 0.29) is 6.61 Å². The number of nitrogens with two attached hydrogens (primary N) is 1. The summed E-state index contributed by atoms with van der Waals surface area (Å²) in [6, 6.07) is 0. The fourth-order valence-electron chi connectivity index (χ4n) is 2.16. The van der Waals surface area contributed by atoms with Crippen molar-refractivity contribution >= 4 is 28.2 Å². The van der Waals surface area contributed by atoms with Crippen molar-refractivity contribution in [2.75, 3.05) is 25.6 Å². The van der Waals surface area contributed by atoms with Crippen molar-refractivity contribution in [2.24, 2.45) is 5.73 Å². The van der Waals surface area contributed by atoms with E-state index < -0.39 is 5.54 Å². The van der Waals surface area contributed by atoms with Gasteiger partial charge in [0.2, 0.25) is 5.13 Å². The van der Waals surface area contributed by atoms with Gasteiger partial charge in [-0.25, -0.2) is 0 Å². The third-order valence-corrected chi connectivity index (χ3v) is 5.64. The summed E-state index contributed by atoms with van der Waals surface area (Å²) in [6.07, 6.45) is 3.99. The van der Waals surface area contributed by atoms with Gasteiger partial charge in [-0.05, 0) is 19.3 Å². The van der Waals surface area contributed by atoms with Crippen LogP contribution in [0.3, 0.4) is 0 Å². The van der Waals surface area contributed by atoms with Crippen LogP contribution in [0, 0.1) is 0 Å². The fourth-order valence-corrected chi connectivity index (χ4v) is 4.56. The van der Waals surface area contributed by atoms with Crippen molar-refractivity contribution in [3.8, 4) is 0 Å². The zero-order valence-electron chi connectivity index (χ0n) is 10.8. The summed E-state index contributed by atoms with van der Waals surface area (Å²) in [6.45, 7) is 0.0725. The molecule has 2 rings (SSSR count). The van der Waals surface area contributed by atoms with Crippen LogP contribution in [0.25, 0.3) is 0 Å². The van der Waals surface area contributed by atoms with E-state index in [0.717, 1.165) is 35.2 Å². The normalized spacial score (nSPS) is 28.3. The quantitative estimate of drug-likeness (QED) is 0.870. The summed E-state index contributed by atoms with van der Waals surface area (Å²) >= 11 is 3.35. The van der Waals surface area contributed by atoms with Gasteiger partial charge < -0.3 is 15.7 Å². The van der Waals surface area contributed by atoms with E-state index >= 15 is 0 Å². The third kappa shape index (κ3) is 3.34. The van der Waals surface area contributed by atoms with Gasteiger partial charge >= 0.3 is 0 Å². The molecule has 2 atom stereocenters. The van der Waals surface area contributed by atoms with Gasteiger partial charge in [0.15, 0.2) is 4.34 Å². The third-order valence-electron chi connectivity index (χ3n) is 3.20. The van der Waals surface area contributed by atoms with Crippen LogP contribution in [0.4, 0.5) is 5.13 Å². The summed E-state index contributed by atoms with van der Waals surface area (Å²) in [4.78, 5) is 1.96. The number of aliphatic hydroxyl groups excluding tert-OH is 1. The lowest BCUT2D eigenvalue weighted by atomic mass is 9.83. The SMILES string of the molecule is CN(C)c1nnc(SC2CCCC(N)(CO)C2)s1. The minimum Gasteiger partial charge on any atom is -0.394 e. The molecule has 1 aliphatic carbocycles. The predicted molar refractivity (Wildman–Crippen MR) is 76.4 cm³/mol. The molecule has 0 aromatic carbocycles. The van der Waals surface area contributed by atoms with Gasteiger partial charge in [0.25, 0.3) is 0 Å². The lowest BCUT2D eigenvalue weighted by Gasteiger charge is -2.35. The van der Waals surface area contributed by atoms with Crippen molar-refractivity contribution < 1.29 is 5.11 Å². The first-order valence-electron chi connectivity index (χ1n) is 6.10. The second kappa shape index (κ2) is 5.73. The number of anilines is 1. The molecule has 0 saturated heterocycles. The second-order valence-corrected chi connectivity index (χ2v) is 7.61. The fraction of sp³-hybridized carbons (Fsp3) is 0.818. The van der Waals surface area contributed by atoms with Gasteiger partial charge in [0, 0.05) is 24.9 Å². The minimum absolute atomic E-state index is 0.0725. The van der Waals surface area contributed by atoms with E-state index in [0.29, 0.717) is 5.25 Å². The molecule has 1 aliphatic rings. The summed E-state index contributed by atoms with van der Waals surface area (Å²) < 4.78 is 0.992. The first-order chi connectivity index (χ1) is 8.52. The van der Waals surface area contributed by atoms with Crippen LogP contribution < -0.4 is 10.6 Å². The molecule has 5 nitrogen and oxygen atoms in total. The maximum atomic E-state index is 9.34. The lowest BCUT2D eigenvalue weighted by molar-refractivity contribution is 0.159. The summed E-state index contributed by atoms with van der Waals surface area (Å²) in [7, 11) is 3.93. The maximum Gasteiger partial charge on any atom is 0.208 e. The Bertz CT molecular complexity index is 398. The Morgan fingerprint density at radius 3 is 2.94 bits per heavy atom. The van der Waals surface area contributed by atoms with Crippen LogP contribution in [-0.2, 0) is 0 Å². The highest BCUT2D eigenvalue weighted by molar-refractivity contribution is 8.01. The van der Waals surface area contributed by atoms with Crippen molar-refractivity contribution in [2.45, 2.75) is 40.8 Å². The number of rotatable bonds is 4. The Balaban J connectivity index is 1.96. The molecule has 1 fully saturated rings. The molecule has 0 spiro atoms. The monoisotopic (exact) mass is 288 g/mol. The van der Waals surface area contributed by atoms with Crippen LogP contribution in [0.2, 0.25) is 0 Å². The molecule has 1 aromatic rings. The number of hydrogen-bond donors (Lipinski definition) is 2. The zero-order chi connectivity index (χ0) is 13.2. The van der Waals surface area contributed by atoms with E-state index in [4.69, 9.17) is 5.73 Å². The molecule has 2 unspecified atom stereocenters. The van der Waals surface area contributed by atoms with Crippen LogP contribution in [-0.4, -0.2) is 46.8 Å². The highest BCUT2D eigenvalue weighted by Crippen LogP contribution is 2.39. The molecule has 102 valence electrons. The number of aromatic nitrogens is 2. The first kappa shape index (κ1) is 14.0. The Morgan fingerprint density at radius 2 is 2.33 bits per heavy atom. The van der Waals surface area contributed by atoms with Gasteiger partial charge in [-0.15, -0.1) is 10.2 Å². The van der Waals surface area contributed by atoms with Crippen molar-refractivity contribution in [1.82, 2.24) is 10.2 Å². The molecule has 0 aliphatic heterocycles. The van der Waals surface area contributed by atoms with Gasteiger partial charge in [-0.1, -0.05) is 29.5 Å². The van der Waals surface area contributed by atoms with Crippen LogP contribution in [0.1, 0.15) is 25.7 Å². The van der Waals surface area contributed by atoms with E-state index in [1.165, 1.54) is 0 Å². The number of thioether (sulfide) groups is 1. The van der Waals surface area contributed by atoms with E-state index in [9.17, 15) is 5.11 Å². The van der Waals surface area contributed by atoms with Gasteiger partial charge in [-0.2, -0.15) is 0 Å². The van der Waals surface area contributed by atoms with E-state index in [2.05, 4.69) is 10.2 Å². The average Bonchev–Trinajstić information content (AvgIpc) is 2.78. The Hall–Kier alpha value is -0.370. The van der Waals surface area contributed by atoms with Crippen molar-refractivity contribution in [1.29, 1.82) is 0 Å². The van der Waals surface area contributed by atoms with Gasteiger partial charge in [-0.3, -0.25) is 0 Å². The molecule has 3 N–H and O–H groups in total. The predicted octanol–water partition coefficient (Wildman–Crippen LogP) is 1.33. The topological polar surface area (TPSA) is 75.3 Å². The second-order valence-electron chi connectivity index (χ2n) is 5.10. The van der Waals surface area contributed by atoms with Gasteiger partial charge in [0.05, 0.1) is 6.61 Å². The van der Waals surface area contributed by atoms with Crippen LogP contribution in [0.15, 0.2) is 4.34 Å². The number of hydrogen-bond acceptors (Lipinski definition) is 7. The molecule has 1 aromatic heterocycles. The molecule has 1 heterocycles. The van der Waals surface area contributed by atoms with E-state index in [1.54, 1.807) is 23.1 Å². The molecular formula is C11H20N4OS2. The molecule has 0 bridgehead atoms. The molecule has 0 radical (unpaired) electrons. The van der Waals surface area contributed by atoms with Gasteiger partial charge in [0.1, 0.15) is 0 Å². The maximum absolute atomic E-state index is 9.34. The highest BCUT2D eigenvalue weighted by atomic mass is 32.2. The van der Waals surface area contributed by atoms with Crippen LogP contribution in [0.5, 0.6) is 0 Å². The average molecular weight is 288 g/mol. The molecule has 1 saturated carbocycles. The first-order valence-corrected chi connectivity index (χ1v) is 7.79. The Kier molecular flexibility index (Phi) is 4.47. The smallest absolute Gasteiger partial charge is 0.208 e. The zero-order valence-corrected chi connectivity index (χ0v) is 12.4. The summed E-state index contributed by atoms with van der Waals surface area (Å²) in [5.41, 5.74) is 5.75. The minimum atomic E-state index is -0.398. The highest BCUT2D eigenvalue weighted by Gasteiger charge is 2.33. The standard InChI is InChI=1S/C11H20N4OS2/c1-15(2)9-13-14-10(18-9)17-8-4-3-5-11(12,6-8)7-16/h8,16H,3-7,12H2,1-2H3. The van der Waals surface area contributed by atoms with Crippen LogP contribution >= 0.6 is 23.1 Å². The Morgan fingerprint density at radius 1 is 1.56 bits per heavy atom.